The lowest BCUT2D eigenvalue weighted by atomic mass is 10.1. The van der Waals surface area contributed by atoms with Crippen molar-refractivity contribution >= 4 is 11.0 Å². The highest BCUT2D eigenvalue weighted by Crippen LogP contribution is 2.25. The predicted molar refractivity (Wildman–Crippen MR) is 158 cm³/mol. The molecule has 2 aromatic carbocycles. The van der Waals surface area contributed by atoms with Gasteiger partial charge in [0.05, 0.1) is 24.2 Å². The SMILES string of the molecule is O=c1c(-c2ccc(OCCCCCCCCCO)cc2)coc2cc(OCCCCCCCCCO)ccc12. The van der Waals surface area contributed by atoms with Gasteiger partial charge in [0.2, 0.25) is 0 Å². The third-order valence-corrected chi connectivity index (χ3v) is 7.05. The molecule has 214 valence electrons. The van der Waals surface area contributed by atoms with E-state index in [1.807, 2.05) is 30.3 Å². The maximum Gasteiger partial charge on any atom is 0.200 e. The molecule has 0 fully saturated rings. The van der Waals surface area contributed by atoms with Gasteiger partial charge in [-0.05, 0) is 55.5 Å². The highest BCUT2D eigenvalue weighted by molar-refractivity contribution is 5.82. The lowest BCUT2D eigenvalue weighted by Crippen LogP contribution is -2.05. The van der Waals surface area contributed by atoms with Gasteiger partial charge in [-0.3, -0.25) is 4.79 Å². The van der Waals surface area contributed by atoms with Crippen molar-refractivity contribution in [3.8, 4) is 22.6 Å². The minimum atomic E-state index is -0.0587. The molecule has 0 saturated carbocycles. The molecule has 0 radical (unpaired) electrons. The average Bonchev–Trinajstić information content (AvgIpc) is 2.96. The number of hydrogen-bond donors (Lipinski definition) is 2. The van der Waals surface area contributed by atoms with Gasteiger partial charge in [-0.1, -0.05) is 76.3 Å². The Labute approximate surface area is 233 Å². The minimum Gasteiger partial charge on any atom is -0.494 e. The summed E-state index contributed by atoms with van der Waals surface area (Å²) in [5, 5.41) is 18.2. The number of aliphatic hydroxyl groups excluding tert-OH is 2. The van der Waals surface area contributed by atoms with Crippen molar-refractivity contribution in [3.63, 3.8) is 0 Å². The molecule has 3 rings (SSSR count). The van der Waals surface area contributed by atoms with Crippen LogP contribution in [-0.2, 0) is 0 Å². The molecule has 2 N–H and O–H groups in total. The number of unbranched alkanes of at least 4 members (excludes halogenated alkanes) is 12. The molecule has 0 unspecified atom stereocenters. The van der Waals surface area contributed by atoms with E-state index >= 15 is 0 Å². The predicted octanol–water partition coefficient (Wildman–Crippen LogP) is 7.66. The summed E-state index contributed by atoms with van der Waals surface area (Å²) in [6.07, 6.45) is 17.0. The summed E-state index contributed by atoms with van der Waals surface area (Å²) in [4.78, 5) is 13.1. The van der Waals surface area contributed by atoms with Crippen LogP contribution in [0.5, 0.6) is 11.5 Å². The third kappa shape index (κ3) is 11.1. The average molecular weight is 539 g/mol. The Morgan fingerprint density at radius 2 is 1.08 bits per heavy atom. The van der Waals surface area contributed by atoms with Crippen LogP contribution in [0.25, 0.3) is 22.1 Å². The van der Waals surface area contributed by atoms with E-state index in [2.05, 4.69) is 0 Å². The van der Waals surface area contributed by atoms with Crippen LogP contribution in [0.1, 0.15) is 89.9 Å². The summed E-state index contributed by atoms with van der Waals surface area (Å²) in [5.41, 5.74) is 1.80. The molecule has 0 amide bonds. The number of hydrogen-bond acceptors (Lipinski definition) is 6. The topological polar surface area (TPSA) is 89.1 Å². The van der Waals surface area contributed by atoms with Gasteiger partial charge >= 0.3 is 0 Å². The zero-order chi connectivity index (χ0) is 27.5. The Morgan fingerprint density at radius 3 is 1.64 bits per heavy atom. The van der Waals surface area contributed by atoms with E-state index in [0.717, 1.165) is 62.7 Å². The lowest BCUT2D eigenvalue weighted by molar-refractivity contribution is 0.281. The van der Waals surface area contributed by atoms with E-state index in [4.69, 9.17) is 24.1 Å². The summed E-state index contributed by atoms with van der Waals surface area (Å²) in [5.74, 6) is 1.51. The Hall–Kier alpha value is -2.83. The van der Waals surface area contributed by atoms with Gasteiger partial charge in [-0.25, -0.2) is 0 Å². The van der Waals surface area contributed by atoms with E-state index in [1.165, 1.54) is 44.8 Å². The number of benzene rings is 2. The summed E-state index contributed by atoms with van der Waals surface area (Å²) < 4.78 is 17.6. The van der Waals surface area contributed by atoms with Gasteiger partial charge in [0, 0.05) is 19.3 Å². The summed E-state index contributed by atoms with van der Waals surface area (Å²) in [6, 6.07) is 13.0. The molecule has 1 aromatic heterocycles. The molecule has 0 spiro atoms. The van der Waals surface area contributed by atoms with Crippen LogP contribution in [0.3, 0.4) is 0 Å². The van der Waals surface area contributed by atoms with Gasteiger partial charge in [0.15, 0.2) is 5.43 Å². The van der Waals surface area contributed by atoms with Crippen molar-refractivity contribution < 1.29 is 24.1 Å². The number of rotatable bonds is 21. The number of ether oxygens (including phenoxy) is 2. The molecular weight excluding hydrogens is 492 g/mol. The molecule has 6 heteroatoms. The van der Waals surface area contributed by atoms with Crippen LogP contribution in [0.4, 0.5) is 0 Å². The van der Waals surface area contributed by atoms with E-state index in [0.29, 0.717) is 48.7 Å². The van der Waals surface area contributed by atoms with Crippen LogP contribution in [0.2, 0.25) is 0 Å². The number of fused-ring (bicyclic) bond motifs is 1. The van der Waals surface area contributed by atoms with E-state index in [9.17, 15) is 4.79 Å². The van der Waals surface area contributed by atoms with Gasteiger partial charge in [-0.15, -0.1) is 0 Å². The van der Waals surface area contributed by atoms with Crippen molar-refractivity contribution in [2.75, 3.05) is 26.4 Å². The zero-order valence-corrected chi connectivity index (χ0v) is 23.4. The standard InChI is InChI=1S/C33H46O6/c34-21-11-7-3-1-5-9-13-23-37-28-17-15-27(16-18-28)31-26-39-32-25-29(19-20-30(32)33(31)36)38-24-14-10-6-2-4-8-12-22-35/h15-20,25-26,34-35H,1-14,21-24H2. The monoisotopic (exact) mass is 538 g/mol. The first-order valence-corrected chi connectivity index (χ1v) is 14.9. The summed E-state index contributed by atoms with van der Waals surface area (Å²) in [6.45, 7) is 1.91. The van der Waals surface area contributed by atoms with Gasteiger partial charge < -0.3 is 24.1 Å². The second-order valence-electron chi connectivity index (χ2n) is 10.3. The highest BCUT2D eigenvalue weighted by Gasteiger charge is 2.10. The molecule has 1 heterocycles. The smallest absolute Gasteiger partial charge is 0.200 e. The first-order chi connectivity index (χ1) is 19.2. The molecule has 0 aliphatic rings. The molecule has 39 heavy (non-hydrogen) atoms. The van der Waals surface area contributed by atoms with Gasteiger partial charge in [-0.2, -0.15) is 0 Å². The first-order valence-electron chi connectivity index (χ1n) is 14.9. The fourth-order valence-corrected chi connectivity index (χ4v) is 4.70. The van der Waals surface area contributed by atoms with Crippen LogP contribution >= 0.6 is 0 Å². The van der Waals surface area contributed by atoms with Crippen LogP contribution < -0.4 is 14.9 Å². The van der Waals surface area contributed by atoms with Crippen LogP contribution in [0.15, 0.2) is 57.9 Å². The molecule has 0 atom stereocenters. The number of aliphatic hydroxyl groups is 2. The fraction of sp³-hybridized carbons (Fsp3) is 0.545. The van der Waals surface area contributed by atoms with Crippen LogP contribution in [0, 0.1) is 0 Å². The zero-order valence-electron chi connectivity index (χ0n) is 23.4. The molecule has 0 aliphatic heterocycles. The van der Waals surface area contributed by atoms with Gasteiger partial charge in [0.1, 0.15) is 23.3 Å². The molecule has 3 aromatic rings. The molecular formula is C33H46O6. The second-order valence-corrected chi connectivity index (χ2v) is 10.3. The Balaban J connectivity index is 1.42. The fourth-order valence-electron chi connectivity index (χ4n) is 4.70. The highest BCUT2D eigenvalue weighted by atomic mass is 16.5. The maximum absolute atomic E-state index is 13.1. The Bertz CT molecular complexity index is 1120. The van der Waals surface area contributed by atoms with E-state index in [1.54, 1.807) is 12.1 Å². The molecule has 0 aliphatic carbocycles. The van der Waals surface area contributed by atoms with E-state index < -0.39 is 0 Å². The Morgan fingerprint density at radius 1 is 0.590 bits per heavy atom. The molecule has 6 nitrogen and oxygen atoms in total. The van der Waals surface area contributed by atoms with Gasteiger partial charge in [0.25, 0.3) is 0 Å². The molecule has 0 saturated heterocycles. The second kappa shape index (κ2) is 18.5. The van der Waals surface area contributed by atoms with Crippen molar-refractivity contribution in [1.82, 2.24) is 0 Å². The first kappa shape index (κ1) is 30.7. The summed E-state index contributed by atoms with van der Waals surface area (Å²) in [7, 11) is 0. The van der Waals surface area contributed by atoms with Crippen molar-refractivity contribution in [1.29, 1.82) is 0 Å². The van der Waals surface area contributed by atoms with Crippen molar-refractivity contribution in [3.05, 3.63) is 59.0 Å². The lowest BCUT2D eigenvalue weighted by Gasteiger charge is -2.09. The largest absolute Gasteiger partial charge is 0.494 e. The van der Waals surface area contributed by atoms with Crippen molar-refractivity contribution in [2.24, 2.45) is 0 Å². The molecule has 0 bridgehead atoms. The quantitative estimate of drug-likeness (QED) is 0.135. The van der Waals surface area contributed by atoms with Crippen molar-refractivity contribution in [2.45, 2.75) is 89.9 Å². The maximum atomic E-state index is 13.1. The minimum absolute atomic E-state index is 0.0587. The van der Waals surface area contributed by atoms with Crippen LogP contribution in [-0.4, -0.2) is 36.6 Å². The normalized spacial score (nSPS) is 11.2. The summed E-state index contributed by atoms with van der Waals surface area (Å²) >= 11 is 0. The van der Waals surface area contributed by atoms with E-state index in [-0.39, 0.29) is 5.43 Å². The third-order valence-electron chi connectivity index (χ3n) is 7.05. The Kier molecular flexibility index (Phi) is 14.5.